The van der Waals surface area contributed by atoms with Crippen molar-refractivity contribution in [3.05, 3.63) is 22.0 Å². The largest absolute Gasteiger partial charge is 0.494 e. The molecule has 0 saturated heterocycles. The van der Waals surface area contributed by atoms with Crippen molar-refractivity contribution in [3.8, 4) is 5.88 Å². The number of rotatable bonds is 4. The molecule has 7 heteroatoms. The average Bonchev–Trinajstić information content (AvgIpc) is 2.21. The zero-order valence-electron chi connectivity index (χ0n) is 9.67. The molecule has 0 fully saturated rings. The van der Waals surface area contributed by atoms with Crippen molar-refractivity contribution >= 4 is 10.1 Å². The lowest BCUT2D eigenvalue weighted by Crippen LogP contribution is -2.27. The fourth-order valence-electron chi connectivity index (χ4n) is 1.64. The minimum absolute atomic E-state index is 0.113. The van der Waals surface area contributed by atoms with Gasteiger partial charge >= 0.3 is 0 Å². The fraction of sp³-hybridized carbons (Fsp3) is 0.500. The number of hydrogen-bond acceptors (Lipinski definition) is 4. The molecule has 0 aliphatic heterocycles. The van der Waals surface area contributed by atoms with E-state index in [1.165, 1.54) is 6.07 Å². The van der Waals surface area contributed by atoms with Crippen LogP contribution in [0.1, 0.15) is 25.8 Å². The normalized spacial score (nSPS) is 11.7. The summed E-state index contributed by atoms with van der Waals surface area (Å²) < 4.78 is 32.3. The van der Waals surface area contributed by atoms with Gasteiger partial charge in [-0.1, -0.05) is 13.8 Å². The van der Waals surface area contributed by atoms with Crippen LogP contribution >= 0.6 is 0 Å². The third-order valence-electron chi connectivity index (χ3n) is 2.40. The van der Waals surface area contributed by atoms with Crippen LogP contribution in [0.3, 0.4) is 0 Å². The molecule has 0 unspecified atom stereocenters. The summed E-state index contributed by atoms with van der Waals surface area (Å²) in [4.78, 5) is 11.2. The van der Waals surface area contributed by atoms with Crippen molar-refractivity contribution in [1.82, 2.24) is 4.57 Å². The lowest BCUT2D eigenvalue weighted by atomic mass is 10.2. The highest BCUT2D eigenvalue weighted by atomic mass is 32.2. The Morgan fingerprint density at radius 1 is 1.35 bits per heavy atom. The molecule has 0 aromatic carbocycles. The number of aromatic hydroxyl groups is 1. The van der Waals surface area contributed by atoms with Crippen LogP contribution in [0.5, 0.6) is 5.88 Å². The van der Waals surface area contributed by atoms with Gasteiger partial charge < -0.3 is 5.11 Å². The zero-order chi connectivity index (χ0) is 13.2. The van der Waals surface area contributed by atoms with E-state index >= 15 is 0 Å². The quantitative estimate of drug-likeness (QED) is 0.780. The lowest BCUT2D eigenvalue weighted by molar-refractivity contribution is 0.398. The third-order valence-corrected chi connectivity index (χ3v) is 3.35. The van der Waals surface area contributed by atoms with E-state index in [1.807, 2.05) is 0 Å². The molecule has 1 rings (SSSR count). The molecule has 0 aliphatic rings. The van der Waals surface area contributed by atoms with Gasteiger partial charge in [0, 0.05) is 12.6 Å². The molecule has 6 nitrogen and oxygen atoms in total. The molecule has 96 valence electrons. The number of hydrogen-bond donors (Lipinski definition) is 2. The van der Waals surface area contributed by atoms with Gasteiger partial charge in [0.15, 0.2) is 10.8 Å². The molecule has 0 saturated carbocycles. The molecule has 1 aromatic rings. The standard InChI is InChI=1S/C10H15NO5S/c1-3-5-11-8(12)6-7(4-2)9(10(11)13)17(14,15)16/h6,12H,3-5H2,1-2H3,(H,14,15,16). The second-order valence-electron chi connectivity index (χ2n) is 3.64. The number of pyridine rings is 1. The van der Waals surface area contributed by atoms with E-state index in [9.17, 15) is 18.3 Å². The Hall–Kier alpha value is -1.34. The predicted molar refractivity (Wildman–Crippen MR) is 61.9 cm³/mol. The Bertz CT molecular complexity index is 573. The van der Waals surface area contributed by atoms with E-state index in [-0.39, 0.29) is 24.4 Å². The van der Waals surface area contributed by atoms with Gasteiger partial charge in [-0.05, 0) is 18.4 Å². The highest BCUT2D eigenvalue weighted by Gasteiger charge is 2.22. The van der Waals surface area contributed by atoms with Crippen molar-refractivity contribution < 1.29 is 18.1 Å². The maximum atomic E-state index is 11.9. The van der Waals surface area contributed by atoms with Crippen molar-refractivity contribution in [2.45, 2.75) is 38.1 Å². The van der Waals surface area contributed by atoms with E-state index < -0.39 is 20.6 Å². The number of nitrogens with zero attached hydrogens (tertiary/aromatic N) is 1. The highest BCUT2D eigenvalue weighted by molar-refractivity contribution is 7.85. The molecular weight excluding hydrogens is 246 g/mol. The summed E-state index contributed by atoms with van der Waals surface area (Å²) in [6.45, 7) is 3.61. The minimum Gasteiger partial charge on any atom is -0.494 e. The summed E-state index contributed by atoms with van der Waals surface area (Å²) in [5.74, 6) is -0.291. The number of aromatic nitrogens is 1. The van der Waals surface area contributed by atoms with Crippen molar-refractivity contribution in [2.24, 2.45) is 0 Å². The molecule has 17 heavy (non-hydrogen) atoms. The Morgan fingerprint density at radius 3 is 2.35 bits per heavy atom. The van der Waals surface area contributed by atoms with Gasteiger partial charge in [-0.2, -0.15) is 8.42 Å². The molecule has 0 radical (unpaired) electrons. The van der Waals surface area contributed by atoms with Crippen LogP contribution in [-0.4, -0.2) is 22.6 Å². The lowest BCUT2D eigenvalue weighted by Gasteiger charge is -2.11. The van der Waals surface area contributed by atoms with Gasteiger partial charge in [0.2, 0.25) is 0 Å². The second kappa shape index (κ2) is 4.89. The second-order valence-corrected chi connectivity index (χ2v) is 5.00. The summed E-state index contributed by atoms with van der Waals surface area (Å²) in [5.41, 5.74) is -0.770. The molecule has 0 bridgehead atoms. The third kappa shape index (κ3) is 2.67. The molecular formula is C10H15NO5S. The first kappa shape index (κ1) is 13.7. The van der Waals surface area contributed by atoms with Gasteiger partial charge in [-0.15, -0.1) is 0 Å². The molecule has 2 N–H and O–H groups in total. The Kier molecular flexibility index (Phi) is 3.94. The van der Waals surface area contributed by atoms with Crippen LogP contribution in [0, 0.1) is 0 Å². The molecule has 0 spiro atoms. The predicted octanol–water partition coefficient (Wildman–Crippen LogP) is 0.773. The van der Waals surface area contributed by atoms with E-state index in [4.69, 9.17) is 4.55 Å². The van der Waals surface area contributed by atoms with E-state index in [2.05, 4.69) is 0 Å². The van der Waals surface area contributed by atoms with Crippen LogP contribution in [0.25, 0.3) is 0 Å². The Morgan fingerprint density at radius 2 is 1.94 bits per heavy atom. The molecule has 1 heterocycles. The van der Waals surface area contributed by atoms with Gasteiger partial charge in [0.05, 0.1) is 0 Å². The summed E-state index contributed by atoms with van der Waals surface area (Å²) in [5, 5.41) is 9.61. The minimum atomic E-state index is -4.58. The first-order valence-corrected chi connectivity index (χ1v) is 6.70. The highest BCUT2D eigenvalue weighted by Crippen LogP contribution is 2.18. The maximum absolute atomic E-state index is 11.9. The number of aryl methyl sites for hydroxylation is 1. The monoisotopic (exact) mass is 261 g/mol. The van der Waals surface area contributed by atoms with Gasteiger partial charge in [0.1, 0.15) is 0 Å². The smallest absolute Gasteiger partial charge is 0.300 e. The maximum Gasteiger partial charge on any atom is 0.300 e. The fourth-order valence-corrected chi connectivity index (χ4v) is 2.51. The van der Waals surface area contributed by atoms with Crippen LogP contribution < -0.4 is 5.56 Å². The first-order chi connectivity index (χ1) is 7.82. The summed E-state index contributed by atoms with van der Waals surface area (Å²) in [6, 6.07) is 1.19. The van der Waals surface area contributed by atoms with Crippen molar-refractivity contribution in [3.63, 3.8) is 0 Å². The van der Waals surface area contributed by atoms with Crippen molar-refractivity contribution in [1.29, 1.82) is 0 Å². The van der Waals surface area contributed by atoms with E-state index in [0.29, 0.717) is 6.42 Å². The Balaban J connectivity index is 3.69. The average molecular weight is 261 g/mol. The summed E-state index contributed by atoms with van der Waals surface area (Å²) in [6.07, 6.45) is 0.786. The zero-order valence-corrected chi connectivity index (χ0v) is 10.5. The van der Waals surface area contributed by atoms with Gasteiger partial charge in [0.25, 0.3) is 15.7 Å². The van der Waals surface area contributed by atoms with E-state index in [1.54, 1.807) is 13.8 Å². The first-order valence-electron chi connectivity index (χ1n) is 5.26. The van der Waals surface area contributed by atoms with Gasteiger partial charge in [-0.25, -0.2) is 0 Å². The topological polar surface area (TPSA) is 96.6 Å². The summed E-state index contributed by atoms with van der Waals surface area (Å²) >= 11 is 0. The van der Waals surface area contributed by atoms with E-state index in [0.717, 1.165) is 4.57 Å². The van der Waals surface area contributed by atoms with Gasteiger partial charge in [-0.3, -0.25) is 13.9 Å². The molecule has 0 atom stereocenters. The Labute approximate surface area is 99.3 Å². The molecule has 0 aliphatic carbocycles. The molecule has 0 amide bonds. The van der Waals surface area contributed by atoms with Crippen LogP contribution in [0.2, 0.25) is 0 Å². The van der Waals surface area contributed by atoms with Crippen LogP contribution in [0.4, 0.5) is 0 Å². The SMILES string of the molecule is CCCn1c(O)cc(CC)c(S(=O)(=O)O)c1=O. The molecule has 1 aromatic heterocycles. The van der Waals surface area contributed by atoms with Crippen LogP contribution in [0.15, 0.2) is 15.8 Å². The van der Waals surface area contributed by atoms with Crippen LogP contribution in [-0.2, 0) is 23.1 Å². The summed E-state index contributed by atoms with van der Waals surface area (Å²) in [7, 11) is -4.58. The van der Waals surface area contributed by atoms with Crippen molar-refractivity contribution in [2.75, 3.05) is 0 Å².